The molecule has 1 fully saturated rings. The van der Waals surface area contributed by atoms with E-state index in [1.54, 1.807) is 24.5 Å². The molecule has 9 nitrogen and oxygen atoms in total. The first kappa shape index (κ1) is 19.6. The molecule has 0 radical (unpaired) electrons. The predicted molar refractivity (Wildman–Crippen MR) is 116 cm³/mol. The molecule has 0 spiro atoms. The number of aromatic nitrogens is 4. The van der Waals surface area contributed by atoms with Crippen LogP contribution in [-0.2, 0) is 6.61 Å². The van der Waals surface area contributed by atoms with Crippen LogP contribution in [0, 0.1) is 11.3 Å². The van der Waals surface area contributed by atoms with E-state index in [-0.39, 0.29) is 12.6 Å². The first-order chi connectivity index (χ1) is 15.2. The van der Waals surface area contributed by atoms with Crippen LogP contribution in [0.15, 0.2) is 52.4 Å². The van der Waals surface area contributed by atoms with Crippen LogP contribution in [0.1, 0.15) is 24.2 Å². The summed E-state index contributed by atoms with van der Waals surface area (Å²) in [7, 11) is 0. The topological polar surface area (TPSA) is 136 Å². The van der Waals surface area contributed by atoms with Gasteiger partial charge in [0.1, 0.15) is 23.0 Å². The molecule has 4 aromatic heterocycles. The van der Waals surface area contributed by atoms with Gasteiger partial charge < -0.3 is 19.8 Å². The third-order valence-electron chi connectivity index (χ3n) is 5.21. The number of pyridine rings is 2. The van der Waals surface area contributed by atoms with Crippen molar-refractivity contribution in [2.75, 3.05) is 5.32 Å². The average Bonchev–Trinajstić information content (AvgIpc) is 3.44. The summed E-state index contributed by atoms with van der Waals surface area (Å²) in [6, 6.07) is 8.19. The Labute approximate surface area is 182 Å². The number of aliphatic hydroxyl groups is 1. The van der Waals surface area contributed by atoms with Crippen molar-refractivity contribution in [3.8, 4) is 17.5 Å². The van der Waals surface area contributed by atoms with Crippen molar-refractivity contribution in [3.05, 3.63) is 54.3 Å². The lowest BCUT2D eigenvalue weighted by atomic mass is 9.87. The Balaban J connectivity index is 1.27. The van der Waals surface area contributed by atoms with Crippen LogP contribution in [0.5, 0.6) is 0 Å². The maximum Gasteiger partial charge on any atom is 0.230 e. The zero-order valence-corrected chi connectivity index (χ0v) is 17.2. The third-order valence-corrected chi connectivity index (χ3v) is 6.09. The van der Waals surface area contributed by atoms with Gasteiger partial charge >= 0.3 is 0 Å². The predicted octanol–water partition coefficient (Wildman–Crippen LogP) is 3.22. The lowest BCUT2D eigenvalue weighted by Gasteiger charge is -2.37. The Hall–Kier alpha value is -3.39. The van der Waals surface area contributed by atoms with Crippen molar-refractivity contribution in [1.82, 2.24) is 24.7 Å². The summed E-state index contributed by atoms with van der Waals surface area (Å²) in [5.74, 6) is 0.837. The number of H-pyrrole nitrogens is 1. The fraction of sp³-hybridized carbons (Fsp3) is 0.238. The number of rotatable bonds is 7. The van der Waals surface area contributed by atoms with Crippen molar-refractivity contribution >= 4 is 28.7 Å². The quantitative estimate of drug-likeness (QED) is 0.324. The Kier molecular flexibility index (Phi) is 5.30. The van der Waals surface area contributed by atoms with E-state index in [4.69, 9.17) is 9.68 Å². The zero-order valence-electron chi connectivity index (χ0n) is 16.4. The van der Waals surface area contributed by atoms with E-state index in [1.807, 2.05) is 12.3 Å². The zero-order chi connectivity index (χ0) is 21.2. The summed E-state index contributed by atoms with van der Waals surface area (Å²) in [5, 5.41) is 23.7. The van der Waals surface area contributed by atoms with Crippen LogP contribution in [-0.4, -0.2) is 37.1 Å². The van der Waals surface area contributed by atoms with Crippen LogP contribution in [0.4, 0.5) is 5.69 Å². The van der Waals surface area contributed by atoms with Crippen LogP contribution >= 0.6 is 11.9 Å². The van der Waals surface area contributed by atoms with Crippen LogP contribution in [0.3, 0.4) is 0 Å². The highest BCUT2D eigenvalue weighted by Crippen LogP contribution is 2.36. The van der Waals surface area contributed by atoms with Gasteiger partial charge in [-0.15, -0.1) is 0 Å². The lowest BCUT2D eigenvalue weighted by molar-refractivity contribution is 0.248. The van der Waals surface area contributed by atoms with E-state index in [2.05, 4.69) is 36.0 Å². The second-order valence-corrected chi connectivity index (χ2v) is 8.16. The first-order valence-corrected chi connectivity index (χ1v) is 10.6. The summed E-state index contributed by atoms with van der Waals surface area (Å²) < 4.78 is 9.07. The van der Waals surface area contributed by atoms with Gasteiger partial charge in [0, 0.05) is 36.1 Å². The molecule has 4 aromatic rings. The molecular weight excluding hydrogens is 414 g/mol. The molecule has 4 N–H and O–H groups in total. The minimum Gasteiger partial charge on any atom is -0.439 e. The molecule has 156 valence electrons. The number of anilines is 1. The number of aromatic amines is 1. The Bertz CT molecular complexity index is 1260. The highest BCUT2D eigenvalue weighted by molar-refractivity contribution is 7.97. The molecule has 0 amide bonds. The maximum absolute atomic E-state index is 9.29. The van der Waals surface area contributed by atoms with E-state index in [1.165, 1.54) is 18.1 Å². The van der Waals surface area contributed by atoms with Crippen molar-refractivity contribution in [3.63, 3.8) is 0 Å². The number of aliphatic hydroxyl groups excluding tert-OH is 1. The number of hydrogen-bond donors (Lipinski definition) is 4. The number of hydrogen-bond acceptors (Lipinski definition) is 9. The Morgan fingerprint density at radius 1 is 1.23 bits per heavy atom. The lowest BCUT2D eigenvalue weighted by Crippen LogP contribution is -2.45. The normalized spacial score (nSPS) is 17.9. The smallest absolute Gasteiger partial charge is 0.230 e. The average molecular weight is 433 g/mol. The second kappa shape index (κ2) is 8.39. The highest BCUT2D eigenvalue weighted by Gasteiger charge is 2.30. The van der Waals surface area contributed by atoms with E-state index in [9.17, 15) is 5.11 Å². The number of nitrogens with zero attached hydrogens (tertiary/aromatic N) is 4. The van der Waals surface area contributed by atoms with E-state index >= 15 is 0 Å². The van der Waals surface area contributed by atoms with E-state index in [0.717, 1.165) is 40.2 Å². The van der Waals surface area contributed by atoms with Gasteiger partial charge in [-0.2, -0.15) is 5.26 Å². The van der Waals surface area contributed by atoms with Crippen LogP contribution < -0.4 is 10.0 Å². The summed E-state index contributed by atoms with van der Waals surface area (Å²) in [6.07, 6.45) is 8.62. The van der Waals surface area contributed by atoms with Gasteiger partial charge in [0.15, 0.2) is 0 Å². The first-order valence-electron chi connectivity index (χ1n) is 9.80. The molecule has 4 heterocycles. The minimum absolute atomic E-state index is 0.199. The molecule has 0 unspecified atom stereocenters. The molecular formula is C21H19N7O2S. The third kappa shape index (κ3) is 3.98. The summed E-state index contributed by atoms with van der Waals surface area (Å²) in [6.45, 7) is -0.199. The van der Waals surface area contributed by atoms with Gasteiger partial charge in [-0.3, -0.25) is 4.72 Å². The van der Waals surface area contributed by atoms with Gasteiger partial charge in [-0.1, -0.05) is 0 Å². The van der Waals surface area contributed by atoms with Crippen molar-refractivity contribution in [1.29, 1.82) is 5.26 Å². The maximum atomic E-state index is 9.29. The molecule has 10 heteroatoms. The van der Waals surface area contributed by atoms with Crippen molar-refractivity contribution in [2.45, 2.75) is 36.6 Å². The largest absolute Gasteiger partial charge is 0.439 e. The van der Waals surface area contributed by atoms with Crippen molar-refractivity contribution < 1.29 is 9.52 Å². The van der Waals surface area contributed by atoms with Crippen LogP contribution in [0.2, 0.25) is 0 Å². The SMILES string of the molecule is N#Cc1ccnc(SN[C@H]2C[C@@H](Nc3c(-c4ncc(CO)o4)cnc4[nH]ccc34)C2)c1. The fourth-order valence-corrected chi connectivity index (χ4v) is 4.32. The standard InChI is InChI=1S/C21H19N7O2S/c22-8-12-1-3-23-18(5-12)31-28-14-6-13(7-14)27-19-16-2-4-24-20(16)25-10-17(19)21-26-9-15(11-29)30-21/h1-5,9-10,13-14,28-29H,6-7,11H2,(H2,24,25,27)/t13-,14+. The molecule has 0 atom stereocenters. The highest BCUT2D eigenvalue weighted by atomic mass is 32.2. The number of nitriles is 1. The molecule has 0 bridgehead atoms. The fourth-order valence-electron chi connectivity index (χ4n) is 3.55. The molecule has 0 aromatic carbocycles. The van der Waals surface area contributed by atoms with Crippen molar-refractivity contribution in [2.24, 2.45) is 0 Å². The van der Waals surface area contributed by atoms with E-state index < -0.39 is 0 Å². The van der Waals surface area contributed by atoms with Gasteiger partial charge in [-0.05, 0) is 43.0 Å². The van der Waals surface area contributed by atoms with Gasteiger partial charge in [0.05, 0.1) is 29.1 Å². The summed E-state index contributed by atoms with van der Waals surface area (Å²) >= 11 is 1.45. The van der Waals surface area contributed by atoms with Crippen LogP contribution in [0.25, 0.3) is 22.5 Å². The number of oxazole rings is 1. The minimum atomic E-state index is -0.199. The molecule has 31 heavy (non-hydrogen) atoms. The number of fused-ring (bicyclic) bond motifs is 1. The Morgan fingerprint density at radius 2 is 2.13 bits per heavy atom. The summed E-state index contributed by atoms with van der Waals surface area (Å²) in [4.78, 5) is 16.2. The van der Waals surface area contributed by atoms with Gasteiger partial charge in [0.25, 0.3) is 0 Å². The molecule has 1 aliphatic carbocycles. The molecule has 0 saturated heterocycles. The monoisotopic (exact) mass is 433 g/mol. The Morgan fingerprint density at radius 3 is 2.94 bits per heavy atom. The molecule has 5 rings (SSSR count). The molecule has 1 saturated carbocycles. The number of nitrogens with one attached hydrogen (secondary N) is 3. The van der Waals surface area contributed by atoms with E-state index in [0.29, 0.717) is 23.3 Å². The van der Waals surface area contributed by atoms with Gasteiger partial charge in [0.2, 0.25) is 5.89 Å². The molecule has 0 aliphatic heterocycles. The second-order valence-electron chi connectivity index (χ2n) is 7.30. The van der Waals surface area contributed by atoms with Gasteiger partial charge in [-0.25, -0.2) is 15.0 Å². The summed E-state index contributed by atoms with van der Waals surface area (Å²) in [5.41, 5.74) is 3.06. The molecule has 1 aliphatic rings.